The Hall–Kier alpha value is -2.25. The number of hydrazone groups is 1. The lowest BCUT2D eigenvalue weighted by atomic mass is 10.2. The van der Waals surface area contributed by atoms with E-state index in [1.807, 2.05) is 19.1 Å². The molecule has 0 aliphatic carbocycles. The van der Waals surface area contributed by atoms with Gasteiger partial charge in [0.05, 0.1) is 25.5 Å². The van der Waals surface area contributed by atoms with Crippen LogP contribution in [0.25, 0.3) is 0 Å². The van der Waals surface area contributed by atoms with Crippen molar-refractivity contribution in [1.29, 1.82) is 0 Å². The Morgan fingerprint density at radius 2 is 1.92 bits per heavy atom. The highest BCUT2D eigenvalue weighted by Gasteiger charge is 2.09. The van der Waals surface area contributed by atoms with Crippen molar-refractivity contribution < 1.29 is 19.0 Å². The van der Waals surface area contributed by atoms with Gasteiger partial charge in [0, 0.05) is 16.1 Å². The summed E-state index contributed by atoms with van der Waals surface area (Å²) in [4.78, 5) is 11.8. The second-order valence-electron chi connectivity index (χ2n) is 5.22. The minimum absolute atomic E-state index is 0.155. The summed E-state index contributed by atoms with van der Waals surface area (Å²) in [6.07, 6.45) is 1.42. The summed E-state index contributed by atoms with van der Waals surface area (Å²) in [5, 5.41) is 4.30. The number of carbonyl (C=O) groups is 1. The molecule has 0 saturated carbocycles. The minimum Gasteiger partial charge on any atom is -0.493 e. The lowest BCUT2D eigenvalue weighted by molar-refractivity contribution is -0.123. The molecule has 0 radical (unpaired) electrons. The molecule has 0 atom stereocenters. The molecule has 0 unspecified atom stereocenters. The molecular formula is C18H18BrClN2O4. The van der Waals surface area contributed by atoms with Crippen LogP contribution >= 0.6 is 27.5 Å². The second-order valence-corrected chi connectivity index (χ2v) is 6.48. The summed E-state index contributed by atoms with van der Waals surface area (Å²) in [7, 11) is 3.05. The zero-order valence-corrected chi connectivity index (χ0v) is 16.8. The molecule has 0 heterocycles. The Morgan fingerprint density at radius 1 is 1.23 bits per heavy atom. The molecule has 6 nitrogen and oxygen atoms in total. The molecule has 2 aromatic rings. The van der Waals surface area contributed by atoms with E-state index >= 15 is 0 Å². The van der Waals surface area contributed by atoms with Crippen LogP contribution < -0.4 is 19.6 Å². The lowest BCUT2D eigenvalue weighted by Gasteiger charge is -2.09. The Kier molecular flexibility index (Phi) is 7.29. The van der Waals surface area contributed by atoms with Gasteiger partial charge in [0.25, 0.3) is 5.91 Å². The van der Waals surface area contributed by atoms with E-state index in [9.17, 15) is 4.79 Å². The number of carbonyl (C=O) groups excluding carboxylic acids is 1. The molecule has 26 heavy (non-hydrogen) atoms. The maximum absolute atomic E-state index is 11.8. The number of amides is 1. The van der Waals surface area contributed by atoms with E-state index in [-0.39, 0.29) is 6.61 Å². The van der Waals surface area contributed by atoms with E-state index < -0.39 is 5.91 Å². The van der Waals surface area contributed by atoms with Gasteiger partial charge < -0.3 is 14.2 Å². The number of benzene rings is 2. The Labute approximate surface area is 165 Å². The summed E-state index contributed by atoms with van der Waals surface area (Å²) >= 11 is 9.56. The van der Waals surface area contributed by atoms with Gasteiger partial charge in [-0.25, -0.2) is 5.43 Å². The maximum atomic E-state index is 11.8. The van der Waals surface area contributed by atoms with Gasteiger partial charge in [0.1, 0.15) is 5.75 Å². The Bertz CT molecular complexity index is 827. The van der Waals surface area contributed by atoms with E-state index in [0.29, 0.717) is 27.8 Å². The topological polar surface area (TPSA) is 69.2 Å². The van der Waals surface area contributed by atoms with Crippen LogP contribution in [0.3, 0.4) is 0 Å². The molecule has 0 spiro atoms. The van der Waals surface area contributed by atoms with Crippen molar-refractivity contribution in [2.24, 2.45) is 5.10 Å². The van der Waals surface area contributed by atoms with Crippen LogP contribution in [0.2, 0.25) is 5.02 Å². The average Bonchev–Trinajstić information content (AvgIpc) is 2.63. The number of halogens is 2. The van der Waals surface area contributed by atoms with Crippen molar-refractivity contribution in [1.82, 2.24) is 5.43 Å². The van der Waals surface area contributed by atoms with Gasteiger partial charge in [-0.1, -0.05) is 27.5 Å². The molecule has 0 bridgehead atoms. The van der Waals surface area contributed by atoms with Gasteiger partial charge in [0.2, 0.25) is 0 Å². The molecule has 2 aromatic carbocycles. The first kappa shape index (κ1) is 20.1. The number of ether oxygens (including phenoxy) is 3. The first-order valence-corrected chi connectivity index (χ1v) is 8.74. The van der Waals surface area contributed by atoms with E-state index in [0.717, 1.165) is 10.0 Å². The van der Waals surface area contributed by atoms with Gasteiger partial charge in [-0.05, 0) is 36.8 Å². The van der Waals surface area contributed by atoms with Gasteiger partial charge in [-0.2, -0.15) is 5.10 Å². The van der Waals surface area contributed by atoms with Crippen LogP contribution in [0.1, 0.15) is 11.1 Å². The largest absolute Gasteiger partial charge is 0.493 e. The molecule has 8 heteroatoms. The number of hydrogen-bond donors (Lipinski definition) is 1. The van der Waals surface area contributed by atoms with Crippen molar-refractivity contribution in [2.45, 2.75) is 6.92 Å². The Morgan fingerprint density at radius 3 is 2.58 bits per heavy atom. The van der Waals surface area contributed by atoms with Crippen LogP contribution in [0, 0.1) is 6.92 Å². The lowest BCUT2D eigenvalue weighted by Crippen LogP contribution is -2.24. The smallest absolute Gasteiger partial charge is 0.277 e. The van der Waals surface area contributed by atoms with E-state index in [4.69, 9.17) is 25.8 Å². The summed E-state index contributed by atoms with van der Waals surface area (Å²) in [6.45, 7) is 1.78. The number of nitrogens with one attached hydrogen (secondary N) is 1. The monoisotopic (exact) mass is 440 g/mol. The first-order valence-electron chi connectivity index (χ1n) is 7.57. The van der Waals surface area contributed by atoms with Crippen molar-refractivity contribution in [3.63, 3.8) is 0 Å². The minimum atomic E-state index is -0.390. The van der Waals surface area contributed by atoms with Gasteiger partial charge in [-0.3, -0.25) is 4.79 Å². The van der Waals surface area contributed by atoms with Crippen LogP contribution in [-0.2, 0) is 4.79 Å². The second kappa shape index (κ2) is 9.45. The third kappa shape index (κ3) is 5.37. The SMILES string of the molecule is COc1cc(Cl)c(/C=N/NC(=O)COc2ccc(Br)c(C)c2)cc1OC. The highest BCUT2D eigenvalue weighted by Crippen LogP contribution is 2.32. The van der Waals surface area contributed by atoms with Crippen LogP contribution in [0.4, 0.5) is 0 Å². The van der Waals surface area contributed by atoms with E-state index in [2.05, 4.69) is 26.5 Å². The number of rotatable bonds is 7. The molecular weight excluding hydrogens is 424 g/mol. The zero-order chi connectivity index (χ0) is 19.1. The number of methoxy groups -OCH3 is 2. The van der Waals surface area contributed by atoms with Crippen LogP contribution in [0.15, 0.2) is 39.9 Å². The maximum Gasteiger partial charge on any atom is 0.277 e. The quantitative estimate of drug-likeness (QED) is 0.522. The van der Waals surface area contributed by atoms with E-state index in [1.165, 1.54) is 20.4 Å². The fourth-order valence-corrected chi connectivity index (χ4v) is 2.48. The molecule has 0 aliphatic rings. The molecule has 0 saturated heterocycles. The fourth-order valence-electron chi connectivity index (χ4n) is 2.03. The Balaban J connectivity index is 1.93. The molecule has 2 rings (SSSR count). The third-order valence-electron chi connectivity index (χ3n) is 3.40. The van der Waals surface area contributed by atoms with Crippen molar-refractivity contribution in [3.05, 3.63) is 51.0 Å². The first-order chi connectivity index (χ1) is 12.4. The average molecular weight is 442 g/mol. The van der Waals surface area contributed by atoms with Crippen LogP contribution in [0.5, 0.6) is 17.2 Å². The van der Waals surface area contributed by atoms with Crippen molar-refractivity contribution in [2.75, 3.05) is 20.8 Å². The highest BCUT2D eigenvalue weighted by atomic mass is 79.9. The predicted molar refractivity (Wildman–Crippen MR) is 105 cm³/mol. The standard InChI is InChI=1S/C18H18BrClN2O4/c1-11-6-13(4-5-14(11)19)26-10-18(23)22-21-9-12-7-16(24-2)17(25-3)8-15(12)20/h4-9H,10H2,1-3H3,(H,22,23)/b21-9+. The molecule has 138 valence electrons. The van der Waals surface area contributed by atoms with Gasteiger partial charge >= 0.3 is 0 Å². The summed E-state index contributed by atoms with van der Waals surface area (Å²) in [5.74, 6) is 1.24. The summed E-state index contributed by atoms with van der Waals surface area (Å²) in [5.41, 5.74) is 3.98. The number of aryl methyl sites for hydroxylation is 1. The van der Waals surface area contributed by atoms with Crippen molar-refractivity contribution in [3.8, 4) is 17.2 Å². The molecule has 0 fully saturated rings. The van der Waals surface area contributed by atoms with E-state index in [1.54, 1.807) is 18.2 Å². The number of nitrogens with zero attached hydrogens (tertiary/aromatic N) is 1. The summed E-state index contributed by atoms with van der Waals surface area (Å²) < 4.78 is 16.8. The third-order valence-corrected chi connectivity index (χ3v) is 4.61. The van der Waals surface area contributed by atoms with Gasteiger partial charge in [0.15, 0.2) is 18.1 Å². The molecule has 1 N–H and O–H groups in total. The molecule has 1 amide bonds. The highest BCUT2D eigenvalue weighted by molar-refractivity contribution is 9.10. The van der Waals surface area contributed by atoms with Crippen molar-refractivity contribution >= 4 is 39.7 Å². The summed E-state index contributed by atoms with van der Waals surface area (Å²) in [6, 6.07) is 8.75. The fraction of sp³-hybridized carbons (Fsp3) is 0.222. The predicted octanol–water partition coefficient (Wildman–Crippen LogP) is 3.96. The zero-order valence-electron chi connectivity index (χ0n) is 14.5. The number of hydrogen-bond acceptors (Lipinski definition) is 5. The molecule has 0 aliphatic heterocycles. The van der Waals surface area contributed by atoms with Crippen LogP contribution in [-0.4, -0.2) is 32.9 Å². The van der Waals surface area contributed by atoms with Gasteiger partial charge in [-0.15, -0.1) is 0 Å². The normalized spacial score (nSPS) is 10.7. The molecule has 0 aromatic heterocycles.